The molecule has 0 radical (unpaired) electrons. The fourth-order valence-electron chi connectivity index (χ4n) is 1.14. The highest BCUT2D eigenvalue weighted by Gasteiger charge is 1.93. The van der Waals surface area contributed by atoms with Crippen LogP contribution in [0.25, 0.3) is 12.2 Å². The van der Waals surface area contributed by atoms with Crippen molar-refractivity contribution in [2.24, 2.45) is 0 Å². The number of fused-ring (bicyclic) bond motifs is 1. The molecule has 0 unspecified atom stereocenters. The maximum atomic E-state index is 4.39. The van der Waals surface area contributed by atoms with Crippen LogP contribution in [0.1, 0.15) is 31.7 Å². The average molecular weight is 207 g/mol. The van der Waals surface area contributed by atoms with Crippen molar-refractivity contribution >= 4 is 23.5 Å². The Kier molecular flexibility index (Phi) is 4.60. The Morgan fingerprint density at radius 3 is 2.86 bits per heavy atom. The van der Waals surface area contributed by atoms with E-state index in [9.17, 15) is 0 Å². The first kappa shape index (κ1) is 11.2. The van der Waals surface area contributed by atoms with E-state index in [-0.39, 0.29) is 0 Å². The van der Waals surface area contributed by atoms with Crippen LogP contribution in [0.3, 0.4) is 0 Å². The van der Waals surface area contributed by atoms with Gasteiger partial charge in [-0.25, -0.2) is 4.98 Å². The van der Waals surface area contributed by atoms with Crippen molar-refractivity contribution in [2.75, 3.05) is 0 Å². The van der Waals surface area contributed by atoms with E-state index in [0.717, 1.165) is 16.8 Å². The Balaban J connectivity index is 0.000000293. The van der Waals surface area contributed by atoms with Gasteiger partial charge >= 0.3 is 0 Å². The number of aryl methyl sites for hydroxylation is 1. The van der Waals surface area contributed by atoms with Crippen molar-refractivity contribution in [2.45, 2.75) is 33.6 Å². The molecule has 0 aromatic carbocycles. The zero-order valence-electron chi connectivity index (χ0n) is 9.08. The molecule has 0 bridgehead atoms. The molecular weight excluding hydrogens is 190 g/mol. The molecular formula is C12H17NS. The molecule has 1 heterocycles. The summed E-state index contributed by atoms with van der Waals surface area (Å²) in [6.07, 6.45) is 10.8. The second-order valence-corrected chi connectivity index (χ2v) is 4.46. The largest absolute Gasteiger partial charge is 0.242 e. The van der Waals surface area contributed by atoms with Crippen LogP contribution in [0.4, 0.5) is 0 Å². The molecule has 0 spiro atoms. The van der Waals surface area contributed by atoms with Crippen molar-refractivity contribution in [1.82, 2.24) is 4.98 Å². The molecule has 0 N–H and O–H groups in total. The van der Waals surface area contributed by atoms with E-state index >= 15 is 0 Å². The highest BCUT2D eigenvalue weighted by Crippen LogP contribution is 1.95. The summed E-state index contributed by atoms with van der Waals surface area (Å²) >= 11 is 1.77. The van der Waals surface area contributed by atoms with Crippen LogP contribution in [0.5, 0.6) is 0 Å². The van der Waals surface area contributed by atoms with Gasteiger partial charge in [-0.15, -0.1) is 11.3 Å². The van der Waals surface area contributed by atoms with Crippen molar-refractivity contribution in [1.29, 1.82) is 0 Å². The molecule has 0 fully saturated rings. The molecule has 0 atom stereocenters. The molecule has 0 aliphatic heterocycles. The first-order valence-corrected chi connectivity index (χ1v) is 5.90. The summed E-state index contributed by atoms with van der Waals surface area (Å²) in [6, 6.07) is 0. The molecule has 1 aromatic rings. The van der Waals surface area contributed by atoms with Crippen LogP contribution in [0, 0.1) is 6.92 Å². The van der Waals surface area contributed by atoms with E-state index in [1.807, 2.05) is 6.92 Å². The SMILES string of the molecule is CCC.Cc1nc2c(s1)=CCC=CC=2. The fourth-order valence-corrected chi connectivity index (χ4v) is 2.00. The molecule has 14 heavy (non-hydrogen) atoms. The fraction of sp³-hybridized carbons (Fsp3) is 0.417. The molecule has 0 saturated heterocycles. The summed E-state index contributed by atoms with van der Waals surface area (Å²) in [7, 11) is 0. The minimum absolute atomic E-state index is 1.03. The Bertz CT molecular complexity index is 412. The summed E-state index contributed by atoms with van der Waals surface area (Å²) < 4.78 is 1.31. The predicted octanol–water partition coefficient (Wildman–Crippen LogP) is 2.39. The number of thiazole rings is 1. The molecule has 1 aliphatic carbocycles. The van der Waals surface area contributed by atoms with Gasteiger partial charge in [0.15, 0.2) is 0 Å². The van der Waals surface area contributed by atoms with E-state index in [1.165, 1.54) is 11.0 Å². The van der Waals surface area contributed by atoms with Gasteiger partial charge in [0, 0.05) is 0 Å². The van der Waals surface area contributed by atoms with Gasteiger partial charge in [-0.2, -0.15) is 0 Å². The predicted molar refractivity (Wildman–Crippen MR) is 64.8 cm³/mol. The molecule has 2 heteroatoms. The summed E-state index contributed by atoms with van der Waals surface area (Å²) in [6.45, 7) is 6.30. The monoisotopic (exact) mass is 207 g/mol. The van der Waals surface area contributed by atoms with Crippen LogP contribution < -0.4 is 9.88 Å². The van der Waals surface area contributed by atoms with Crippen molar-refractivity contribution in [3.8, 4) is 0 Å². The quantitative estimate of drug-likeness (QED) is 0.636. The summed E-state index contributed by atoms with van der Waals surface area (Å²) in [5.41, 5.74) is 0. The zero-order chi connectivity index (χ0) is 10.4. The maximum Gasteiger partial charge on any atom is 0.0907 e. The first-order valence-electron chi connectivity index (χ1n) is 5.08. The molecule has 1 aliphatic rings. The molecule has 0 amide bonds. The van der Waals surface area contributed by atoms with Gasteiger partial charge in [0.05, 0.1) is 14.9 Å². The Labute approximate surface area is 89.5 Å². The summed E-state index contributed by atoms with van der Waals surface area (Å²) in [4.78, 5) is 4.39. The van der Waals surface area contributed by atoms with Gasteiger partial charge in [0.25, 0.3) is 0 Å². The highest BCUT2D eigenvalue weighted by molar-refractivity contribution is 7.09. The van der Waals surface area contributed by atoms with Gasteiger partial charge in [-0.1, -0.05) is 38.5 Å². The maximum absolute atomic E-state index is 4.39. The molecule has 1 aromatic heterocycles. The lowest BCUT2D eigenvalue weighted by molar-refractivity contribution is 1.09. The van der Waals surface area contributed by atoms with Crippen LogP contribution in [0.15, 0.2) is 12.2 Å². The molecule has 1 nitrogen and oxygen atoms in total. The normalized spacial score (nSPS) is 12.8. The third-order valence-corrected chi connectivity index (χ3v) is 2.60. The zero-order valence-corrected chi connectivity index (χ0v) is 9.90. The number of aromatic nitrogens is 1. The van der Waals surface area contributed by atoms with E-state index in [1.54, 1.807) is 11.3 Å². The van der Waals surface area contributed by atoms with Gasteiger partial charge < -0.3 is 0 Å². The van der Waals surface area contributed by atoms with Gasteiger partial charge in [-0.3, -0.25) is 0 Å². The Morgan fingerprint density at radius 2 is 2.14 bits per heavy atom. The van der Waals surface area contributed by atoms with Crippen LogP contribution in [-0.4, -0.2) is 4.98 Å². The van der Waals surface area contributed by atoms with E-state index in [4.69, 9.17) is 0 Å². The van der Waals surface area contributed by atoms with Crippen molar-refractivity contribution in [3.05, 3.63) is 27.0 Å². The molecule has 2 rings (SSSR count). The number of allylic oxidation sites excluding steroid dienone is 2. The lowest BCUT2D eigenvalue weighted by Crippen LogP contribution is -2.19. The third-order valence-electron chi connectivity index (χ3n) is 1.62. The third kappa shape index (κ3) is 3.11. The second-order valence-electron chi connectivity index (χ2n) is 3.22. The number of nitrogens with zero attached hydrogens (tertiary/aromatic N) is 1. The summed E-state index contributed by atoms with van der Waals surface area (Å²) in [5.74, 6) is 0. The summed E-state index contributed by atoms with van der Waals surface area (Å²) in [5, 5.41) is 2.28. The van der Waals surface area contributed by atoms with Crippen molar-refractivity contribution < 1.29 is 0 Å². The lowest BCUT2D eigenvalue weighted by atomic mass is 10.4. The minimum atomic E-state index is 1.03. The Hall–Kier alpha value is -0.890. The van der Waals surface area contributed by atoms with E-state index in [0.29, 0.717) is 0 Å². The van der Waals surface area contributed by atoms with Gasteiger partial charge in [-0.05, 0) is 19.4 Å². The number of hydrogen-bond acceptors (Lipinski definition) is 2. The minimum Gasteiger partial charge on any atom is -0.242 e. The highest BCUT2D eigenvalue weighted by atomic mass is 32.1. The number of rotatable bonds is 0. The van der Waals surface area contributed by atoms with E-state index in [2.05, 4.69) is 43.1 Å². The van der Waals surface area contributed by atoms with Crippen LogP contribution >= 0.6 is 11.3 Å². The number of hydrogen-bond donors (Lipinski definition) is 0. The average Bonchev–Trinajstić information content (AvgIpc) is 2.34. The van der Waals surface area contributed by atoms with Gasteiger partial charge in [0.1, 0.15) is 0 Å². The van der Waals surface area contributed by atoms with Crippen molar-refractivity contribution in [3.63, 3.8) is 0 Å². The van der Waals surface area contributed by atoms with Crippen LogP contribution in [-0.2, 0) is 0 Å². The topological polar surface area (TPSA) is 12.9 Å². The molecule has 76 valence electrons. The smallest absolute Gasteiger partial charge is 0.0907 e. The lowest BCUT2D eigenvalue weighted by Gasteiger charge is -1.73. The first-order chi connectivity index (χ1) is 6.77. The Morgan fingerprint density at radius 1 is 1.43 bits per heavy atom. The van der Waals surface area contributed by atoms with Gasteiger partial charge in [0.2, 0.25) is 0 Å². The van der Waals surface area contributed by atoms with E-state index < -0.39 is 0 Å². The standard InChI is InChI=1S/C9H9NS.C3H8/c1-7-10-8-5-3-2-4-6-9(8)11-7;1-3-2/h2-3,5-6H,4H2,1H3;3H2,1-2H3. The van der Waals surface area contributed by atoms with Crippen LogP contribution in [0.2, 0.25) is 0 Å². The second kappa shape index (κ2) is 5.76. The molecule has 0 saturated carbocycles.